The molecule has 1 fully saturated rings. The summed E-state index contributed by atoms with van der Waals surface area (Å²) in [6.07, 6.45) is 8.06. The van der Waals surface area contributed by atoms with Crippen LogP contribution in [0.15, 0.2) is 35.9 Å². The van der Waals surface area contributed by atoms with Gasteiger partial charge in [0.2, 0.25) is 0 Å². The van der Waals surface area contributed by atoms with Crippen molar-refractivity contribution in [3.8, 4) is 0 Å². The lowest BCUT2D eigenvalue weighted by molar-refractivity contribution is -0.0118. The van der Waals surface area contributed by atoms with Crippen molar-refractivity contribution in [3.63, 3.8) is 0 Å². The van der Waals surface area contributed by atoms with Crippen LogP contribution in [0, 0.1) is 0 Å². The van der Waals surface area contributed by atoms with E-state index in [0.717, 1.165) is 23.9 Å². The van der Waals surface area contributed by atoms with E-state index in [1.165, 1.54) is 0 Å². The van der Waals surface area contributed by atoms with E-state index < -0.39 is 0 Å². The molecule has 92 valence electrons. The SMILES string of the molecule is C=C1C=CC(B2OC(C)(C)C(C)(CC)O2)=CC1. The molecule has 17 heavy (non-hydrogen) atoms. The third-order valence-corrected chi connectivity index (χ3v) is 4.10. The first-order chi connectivity index (χ1) is 7.88. The summed E-state index contributed by atoms with van der Waals surface area (Å²) in [4.78, 5) is 0. The molecule has 1 aliphatic heterocycles. The first kappa shape index (κ1) is 12.7. The van der Waals surface area contributed by atoms with E-state index in [1.54, 1.807) is 0 Å². The molecule has 2 nitrogen and oxygen atoms in total. The lowest BCUT2D eigenvalue weighted by Gasteiger charge is -2.35. The number of hydrogen-bond acceptors (Lipinski definition) is 2. The highest BCUT2D eigenvalue weighted by molar-refractivity contribution is 6.55. The molecule has 0 saturated carbocycles. The van der Waals surface area contributed by atoms with Gasteiger partial charge in [-0.2, -0.15) is 0 Å². The summed E-state index contributed by atoms with van der Waals surface area (Å²) >= 11 is 0. The summed E-state index contributed by atoms with van der Waals surface area (Å²) in [5.41, 5.74) is 1.77. The fourth-order valence-electron chi connectivity index (χ4n) is 2.21. The zero-order valence-corrected chi connectivity index (χ0v) is 11.2. The van der Waals surface area contributed by atoms with Crippen LogP contribution in [0.1, 0.15) is 40.5 Å². The van der Waals surface area contributed by atoms with Gasteiger partial charge in [-0.1, -0.05) is 37.3 Å². The summed E-state index contributed by atoms with van der Waals surface area (Å²) in [5, 5.41) is 0. The molecule has 1 heterocycles. The van der Waals surface area contributed by atoms with E-state index in [4.69, 9.17) is 9.31 Å². The third kappa shape index (κ3) is 2.14. The quantitative estimate of drug-likeness (QED) is 0.679. The molecule has 2 rings (SSSR count). The van der Waals surface area contributed by atoms with Crippen LogP contribution in [-0.2, 0) is 9.31 Å². The van der Waals surface area contributed by atoms with Crippen LogP contribution in [0.4, 0.5) is 0 Å². The Balaban J connectivity index is 2.17. The van der Waals surface area contributed by atoms with E-state index in [1.807, 2.05) is 12.2 Å². The largest absolute Gasteiger partial charge is 0.494 e. The maximum atomic E-state index is 6.12. The molecule has 0 bridgehead atoms. The molecule has 0 spiro atoms. The van der Waals surface area contributed by atoms with Crippen molar-refractivity contribution in [2.45, 2.75) is 51.7 Å². The number of rotatable bonds is 2. The second-order valence-electron chi connectivity index (χ2n) is 5.56. The predicted molar refractivity (Wildman–Crippen MR) is 71.7 cm³/mol. The van der Waals surface area contributed by atoms with Gasteiger partial charge in [0.1, 0.15) is 0 Å². The minimum Gasteiger partial charge on any atom is -0.399 e. The van der Waals surface area contributed by atoms with Crippen LogP contribution in [0.25, 0.3) is 0 Å². The highest BCUT2D eigenvalue weighted by Crippen LogP contribution is 2.41. The molecule has 0 aromatic carbocycles. The van der Waals surface area contributed by atoms with Gasteiger partial charge in [-0.15, -0.1) is 0 Å². The van der Waals surface area contributed by atoms with Crippen molar-refractivity contribution in [2.24, 2.45) is 0 Å². The van der Waals surface area contributed by atoms with Crippen molar-refractivity contribution in [1.82, 2.24) is 0 Å². The Morgan fingerprint density at radius 1 is 1.29 bits per heavy atom. The van der Waals surface area contributed by atoms with Gasteiger partial charge < -0.3 is 9.31 Å². The standard InChI is InChI=1S/C14H21BO2/c1-6-14(5)13(3,4)16-15(17-14)12-9-7-11(2)8-10-12/h7,9-10H,2,6,8H2,1,3-5H3. The molecule has 1 aliphatic carbocycles. The molecular formula is C14H21BO2. The van der Waals surface area contributed by atoms with Gasteiger partial charge in [0.15, 0.2) is 0 Å². The summed E-state index contributed by atoms with van der Waals surface area (Å²) in [6.45, 7) is 12.4. The van der Waals surface area contributed by atoms with E-state index >= 15 is 0 Å². The summed E-state index contributed by atoms with van der Waals surface area (Å²) in [5.74, 6) is 0. The Morgan fingerprint density at radius 3 is 2.47 bits per heavy atom. The predicted octanol–water partition coefficient (Wildman–Crippen LogP) is 3.45. The van der Waals surface area contributed by atoms with Crippen molar-refractivity contribution in [2.75, 3.05) is 0 Å². The number of hydrogen-bond donors (Lipinski definition) is 0. The third-order valence-electron chi connectivity index (χ3n) is 4.10. The smallest absolute Gasteiger partial charge is 0.399 e. The summed E-state index contributed by atoms with van der Waals surface area (Å²) in [6, 6.07) is 0. The first-order valence-electron chi connectivity index (χ1n) is 6.29. The Bertz CT molecular complexity index is 395. The zero-order valence-electron chi connectivity index (χ0n) is 11.2. The van der Waals surface area contributed by atoms with Gasteiger partial charge in [0.05, 0.1) is 11.2 Å². The fraction of sp³-hybridized carbons (Fsp3) is 0.571. The molecule has 1 atom stereocenters. The molecular weight excluding hydrogens is 211 g/mol. The van der Waals surface area contributed by atoms with Gasteiger partial charge >= 0.3 is 7.12 Å². The normalized spacial score (nSPS) is 31.9. The Hall–Kier alpha value is -0.795. The topological polar surface area (TPSA) is 18.5 Å². The van der Waals surface area contributed by atoms with E-state index in [9.17, 15) is 0 Å². The monoisotopic (exact) mass is 232 g/mol. The minimum absolute atomic E-state index is 0.221. The van der Waals surface area contributed by atoms with Crippen LogP contribution >= 0.6 is 0 Å². The Labute approximate surface area is 105 Å². The maximum Gasteiger partial charge on any atom is 0.494 e. The van der Waals surface area contributed by atoms with Crippen LogP contribution in [0.3, 0.4) is 0 Å². The number of allylic oxidation sites excluding steroid dienone is 5. The summed E-state index contributed by atoms with van der Waals surface area (Å²) in [7, 11) is -0.237. The molecule has 0 N–H and O–H groups in total. The molecule has 0 amide bonds. The molecule has 1 unspecified atom stereocenters. The zero-order chi connectivity index (χ0) is 12.7. The molecule has 0 aromatic rings. The van der Waals surface area contributed by atoms with Gasteiger partial charge in [-0.25, -0.2) is 0 Å². The molecule has 2 aliphatic rings. The second-order valence-corrected chi connectivity index (χ2v) is 5.56. The maximum absolute atomic E-state index is 6.12. The van der Waals surface area contributed by atoms with Gasteiger partial charge in [-0.05, 0) is 39.1 Å². The lowest BCUT2D eigenvalue weighted by Crippen LogP contribution is -2.44. The average Bonchev–Trinajstić information content (AvgIpc) is 2.52. The van der Waals surface area contributed by atoms with Gasteiger partial charge in [-0.3, -0.25) is 0 Å². The van der Waals surface area contributed by atoms with Crippen LogP contribution in [-0.4, -0.2) is 18.3 Å². The summed E-state index contributed by atoms with van der Waals surface area (Å²) < 4.78 is 12.2. The van der Waals surface area contributed by atoms with Crippen LogP contribution in [0.2, 0.25) is 0 Å². The minimum atomic E-state index is -0.254. The lowest BCUT2D eigenvalue weighted by atomic mass is 9.75. The van der Waals surface area contributed by atoms with Crippen molar-refractivity contribution < 1.29 is 9.31 Å². The first-order valence-corrected chi connectivity index (χ1v) is 6.29. The Kier molecular flexibility index (Phi) is 3.09. The van der Waals surface area contributed by atoms with E-state index in [0.29, 0.717) is 0 Å². The average molecular weight is 232 g/mol. The molecule has 1 saturated heterocycles. The Morgan fingerprint density at radius 2 is 2.00 bits per heavy atom. The van der Waals surface area contributed by atoms with Crippen molar-refractivity contribution >= 4 is 7.12 Å². The molecule has 0 aromatic heterocycles. The van der Waals surface area contributed by atoms with Gasteiger partial charge in [0.25, 0.3) is 0 Å². The second kappa shape index (κ2) is 4.15. The van der Waals surface area contributed by atoms with Crippen molar-refractivity contribution in [1.29, 1.82) is 0 Å². The fourth-order valence-corrected chi connectivity index (χ4v) is 2.21. The van der Waals surface area contributed by atoms with E-state index in [2.05, 4.69) is 40.3 Å². The highest BCUT2D eigenvalue weighted by atomic mass is 16.7. The molecule has 0 radical (unpaired) electrons. The molecule has 3 heteroatoms. The van der Waals surface area contributed by atoms with Crippen LogP contribution in [0.5, 0.6) is 0 Å². The van der Waals surface area contributed by atoms with E-state index in [-0.39, 0.29) is 18.3 Å². The van der Waals surface area contributed by atoms with Gasteiger partial charge in [0, 0.05) is 0 Å². The van der Waals surface area contributed by atoms with Crippen LogP contribution < -0.4 is 0 Å². The highest BCUT2D eigenvalue weighted by Gasteiger charge is 2.53. The van der Waals surface area contributed by atoms with Crippen molar-refractivity contribution in [3.05, 3.63) is 35.9 Å².